The first-order valence-electron chi connectivity index (χ1n) is 6.53. The van der Waals surface area contributed by atoms with Crippen molar-refractivity contribution >= 4 is 5.91 Å². The molecule has 0 radical (unpaired) electrons. The van der Waals surface area contributed by atoms with Gasteiger partial charge in [0.05, 0.1) is 13.2 Å². The summed E-state index contributed by atoms with van der Waals surface area (Å²) in [7, 11) is 3.20. The Bertz CT molecular complexity index is 480. The van der Waals surface area contributed by atoms with Crippen LogP contribution >= 0.6 is 0 Å². The monoisotopic (exact) mass is 280 g/mol. The molecule has 0 bridgehead atoms. The molecule has 0 fully saturated rings. The van der Waals surface area contributed by atoms with Crippen LogP contribution in [-0.4, -0.2) is 36.1 Å². The van der Waals surface area contributed by atoms with Crippen LogP contribution < -0.4 is 10.5 Å². The molecule has 1 atom stereocenters. The summed E-state index contributed by atoms with van der Waals surface area (Å²) in [6.07, 6.45) is 0. The molecule has 0 aliphatic carbocycles. The van der Waals surface area contributed by atoms with Crippen molar-refractivity contribution in [3.05, 3.63) is 23.8 Å². The number of nitrogens with two attached hydrogens (primary N) is 1. The molecule has 5 heteroatoms. The largest absolute Gasteiger partial charge is 0.504 e. The molecule has 0 spiro atoms. The fourth-order valence-electron chi connectivity index (χ4n) is 1.78. The molecular formula is C15H24N2O3. The van der Waals surface area contributed by atoms with E-state index in [2.05, 4.69) is 0 Å². The van der Waals surface area contributed by atoms with E-state index >= 15 is 0 Å². The van der Waals surface area contributed by atoms with E-state index in [0.717, 1.165) is 5.56 Å². The van der Waals surface area contributed by atoms with Crippen molar-refractivity contribution < 1.29 is 14.6 Å². The summed E-state index contributed by atoms with van der Waals surface area (Å²) in [6.45, 7) is 6.23. The van der Waals surface area contributed by atoms with E-state index in [1.807, 2.05) is 20.8 Å². The summed E-state index contributed by atoms with van der Waals surface area (Å²) in [5.41, 5.74) is 6.57. The SMILES string of the molecule is COc1cc(CN(C)C(=O)[C@@H](N)C(C)(C)C)ccc1O. The predicted molar refractivity (Wildman–Crippen MR) is 78.6 cm³/mol. The van der Waals surface area contributed by atoms with Crippen molar-refractivity contribution in [2.45, 2.75) is 33.4 Å². The molecule has 1 rings (SSSR count). The van der Waals surface area contributed by atoms with Gasteiger partial charge in [0.2, 0.25) is 5.91 Å². The van der Waals surface area contributed by atoms with Gasteiger partial charge in [0.25, 0.3) is 0 Å². The number of likely N-dealkylation sites (N-methyl/N-ethyl adjacent to an activating group) is 1. The summed E-state index contributed by atoms with van der Waals surface area (Å²) in [5.74, 6) is 0.365. The number of carbonyl (C=O) groups is 1. The predicted octanol–water partition coefficient (Wildman–Crippen LogP) is 1.73. The average Bonchev–Trinajstić information content (AvgIpc) is 2.38. The maximum atomic E-state index is 12.2. The molecule has 0 aliphatic heterocycles. The fourth-order valence-corrected chi connectivity index (χ4v) is 1.78. The Morgan fingerprint density at radius 3 is 2.55 bits per heavy atom. The number of methoxy groups -OCH3 is 1. The van der Waals surface area contributed by atoms with Gasteiger partial charge in [-0.15, -0.1) is 0 Å². The van der Waals surface area contributed by atoms with Gasteiger partial charge in [0.15, 0.2) is 11.5 Å². The first-order valence-corrected chi connectivity index (χ1v) is 6.53. The van der Waals surface area contributed by atoms with Crippen LogP contribution in [0, 0.1) is 5.41 Å². The molecule has 0 aliphatic rings. The number of nitrogens with zero attached hydrogens (tertiary/aromatic N) is 1. The van der Waals surface area contributed by atoms with E-state index in [1.54, 1.807) is 30.1 Å². The second-order valence-corrected chi connectivity index (χ2v) is 6.04. The zero-order valence-electron chi connectivity index (χ0n) is 12.8. The molecule has 1 aromatic rings. The van der Waals surface area contributed by atoms with Crippen molar-refractivity contribution in [3.8, 4) is 11.5 Å². The molecule has 1 aromatic carbocycles. The lowest BCUT2D eigenvalue weighted by Crippen LogP contribution is -2.48. The number of rotatable bonds is 4. The number of phenols is 1. The molecule has 1 amide bonds. The van der Waals surface area contributed by atoms with E-state index in [9.17, 15) is 9.90 Å². The topological polar surface area (TPSA) is 75.8 Å². The number of aromatic hydroxyl groups is 1. The van der Waals surface area contributed by atoms with Crippen molar-refractivity contribution in [3.63, 3.8) is 0 Å². The van der Waals surface area contributed by atoms with Crippen molar-refractivity contribution in [2.24, 2.45) is 11.1 Å². The van der Waals surface area contributed by atoms with Gasteiger partial charge in [0, 0.05) is 13.6 Å². The van der Waals surface area contributed by atoms with E-state index in [1.165, 1.54) is 7.11 Å². The van der Waals surface area contributed by atoms with Crippen LogP contribution in [0.4, 0.5) is 0 Å². The zero-order chi connectivity index (χ0) is 15.5. The van der Waals surface area contributed by atoms with Gasteiger partial charge in [-0.2, -0.15) is 0 Å². The van der Waals surface area contributed by atoms with Crippen LogP contribution in [0.1, 0.15) is 26.3 Å². The van der Waals surface area contributed by atoms with E-state index in [-0.39, 0.29) is 17.1 Å². The van der Waals surface area contributed by atoms with Crippen LogP contribution in [0.2, 0.25) is 0 Å². The third kappa shape index (κ3) is 3.87. The molecule has 0 heterocycles. The molecule has 3 N–H and O–H groups in total. The highest BCUT2D eigenvalue weighted by atomic mass is 16.5. The fraction of sp³-hybridized carbons (Fsp3) is 0.533. The Balaban J connectivity index is 2.80. The summed E-state index contributed by atoms with van der Waals surface area (Å²) in [4.78, 5) is 13.8. The number of phenolic OH excluding ortho intramolecular Hbond substituents is 1. The minimum absolute atomic E-state index is 0.0802. The Morgan fingerprint density at radius 1 is 1.45 bits per heavy atom. The van der Waals surface area contributed by atoms with E-state index in [4.69, 9.17) is 10.5 Å². The quantitative estimate of drug-likeness (QED) is 0.880. The first kappa shape index (κ1) is 16.3. The zero-order valence-corrected chi connectivity index (χ0v) is 12.8. The van der Waals surface area contributed by atoms with Crippen LogP contribution in [0.3, 0.4) is 0 Å². The lowest BCUT2D eigenvalue weighted by molar-refractivity contribution is -0.134. The molecular weight excluding hydrogens is 256 g/mol. The van der Waals surface area contributed by atoms with E-state index < -0.39 is 6.04 Å². The summed E-state index contributed by atoms with van der Waals surface area (Å²) < 4.78 is 5.05. The Labute approximate surface area is 120 Å². The lowest BCUT2D eigenvalue weighted by Gasteiger charge is -2.30. The minimum Gasteiger partial charge on any atom is -0.504 e. The minimum atomic E-state index is -0.550. The number of carbonyl (C=O) groups excluding carboxylic acids is 1. The number of amides is 1. The summed E-state index contributed by atoms with van der Waals surface area (Å²) >= 11 is 0. The lowest BCUT2D eigenvalue weighted by atomic mass is 9.86. The standard InChI is InChI=1S/C15H24N2O3/c1-15(2,3)13(16)14(19)17(4)9-10-6-7-11(18)12(8-10)20-5/h6-8,13,18H,9,16H2,1-5H3/t13-/m1/s1. The first-order chi connectivity index (χ1) is 9.16. The van der Waals surface area contributed by atoms with Gasteiger partial charge in [-0.05, 0) is 23.1 Å². The van der Waals surface area contributed by atoms with Gasteiger partial charge in [-0.1, -0.05) is 26.8 Å². The Hall–Kier alpha value is -1.75. The molecule has 20 heavy (non-hydrogen) atoms. The average molecular weight is 280 g/mol. The number of ether oxygens (including phenoxy) is 1. The molecule has 0 saturated heterocycles. The summed E-state index contributed by atoms with van der Waals surface area (Å²) in [6, 6.07) is 4.47. The highest BCUT2D eigenvalue weighted by molar-refractivity contribution is 5.82. The smallest absolute Gasteiger partial charge is 0.240 e. The van der Waals surface area contributed by atoms with Gasteiger partial charge < -0.3 is 20.5 Å². The summed E-state index contributed by atoms with van der Waals surface area (Å²) in [5, 5.41) is 9.55. The second-order valence-electron chi connectivity index (χ2n) is 6.04. The van der Waals surface area contributed by atoms with Crippen LogP contribution in [0.25, 0.3) is 0 Å². The Kier molecular flexibility index (Phi) is 5.00. The van der Waals surface area contributed by atoms with Gasteiger partial charge in [-0.25, -0.2) is 0 Å². The molecule has 112 valence electrons. The van der Waals surface area contributed by atoms with Gasteiger partial charge in [0.1, 0.15) is 0 Å². The number of benzene rings is 1. The third-order valence-electron chi connectivity index (χ3n) is 3.24. The maximum Gasteiger partial charge on any atom is 0.240 e. The number of hydrogen-bond donors (Lipinski definition) is 2. The van der Waals surface area contributed by atoms with Crippen LogP contribution in [0.5, 0.6) is 11.5 Å². The molecule has 0 unspecified atom stereocenters. The van der Waals surface area contributed by atoms with Gasteiger partial charge in [-0.3, -0.25) is 4.79 Å². The number of hydrogen-bond acceptors (Lipinski definition) is 4. The Morgan fingerprint density at radius 2 is 2.05 bits per heavy atom. The third-order valence-corrected chi connectivity index (χ3v) is 3.24. The highest BCUT2D eigenvalue weighted by Crippen LogP contribution is 2.27. The normalized spacial score (nSPS) is 12.9. The van der Waals surface area contributed by atoms with E-state index in [0.29, 0.717) is 12.3 Å². The molecule has 0 saturated carbocycles. The maximum absolute atomic E-state index is 12.2. The van der Waals surface area contributed by atoms with Crippen LogP contribution in [0.15, 0.2) is 18.2 Å². The van der Waals surface area contributed by atoms with Gasteiger partial charge >= 0.3 is 0 Å². The van der Waals surface area contributed by atoms with Crippen molar-refractivity contribution in [1.29, 1.82) is 0 Å². The highest BCUT2D eigenvalue weighted by Gasteiger charge is 2.29. The van der Waals surface area contributed by atoms with Crippen LogP contribution in [-0.2, 0) is 11.3 Å². The molecule has 0 aromatic heterocycles. The second kappa shape index (κ2) is 6.13. The van der Waals surface area contributed by atoms with Crippen molar-refractivity contribution in [2.75, 3.05) is 14.2 Å². The molecule has 5 nitrogen and oxygen atoms in total. The van der Waals surface area contributed by atoms with Crippen molar-refractivity contribution in [1.82, 2.24) is 4.90 Å².